The Hall–Kier alpha value is -3.43. The van der Waals surface area contributed by atoms with Crippen LogP contribution in [0.1, 0.15) is 5.76 Å². The summed E-state index contributed by atoms with van der Waals surface area (Å²) in [6.45, 7) is 0.227. The normalized spacial score (nSPS) is 10.9. The standard InChI is InChI=1S/C21H17N3O2S/c22-13-16(21(25)24-15-17-7-6-12-26-17)14-23-19-10-4-5-11-20(19)27-18-8-2-1-3-9-18/h1-12,14,23H,15H2,(H,24,25)/b16-14-. The molecule has 0 spiro atoms. The minimum Gasteiger partial charge on any atom is -0.467 e. The number of hydrogen-bond acceptors (Lipinski definition) is 5. The molecule has 1 heterocycles. The van der Waals surface area contributed by atoms with Gasteiger partial charge in [0, 0.05) is 16.0 Å². The summed E-state index contributed by atoms with van der Waals surface area (Å²) in [7, 11) is 0. The highest BCUT2D eigenvalue weighted by Crippen LogP contribution is 2.33. The summed E-state index contributed by atoms with van der Waals surface area (Å²) < 4.78 is 5.16. The van der Waals surface area contributed by atoms with Gasteiger partial charge in [0.15, 0.2) is 0 Å². The molecule has 0 fully saturated rings. The minimum atomic E-state index is -0.463. The second-order valence-corrected chi connectivity index (χ2v) is 6.60. The van der Waals surface area contributed by atoms with Crippen molar-refractivity contribution in [3.05, 3.63) is 90.5 Å². The molecule has 0 saturated carbocycles. The van der Waals surface area contributed by atoms with E-state index in [1.165, 1.54) is 12.5 Å². The van der Waals surface area contributed by atoms with E-state index >= 15 is 0 Å². The van der Waals surface area contributed by atoms with Crippen LogP contribution < -0.4 is 10.6 Å². The van der Waals surface area contributed by atoms with Gasteiger partial charge in [0.1, 0.15) is 17.4 Å². The molecule has 27 heavy (non-hydrogen) atoms. The molecule has 0 unspecified atom stereocenters. The van der Waals surface area contributed by atoms with E-state index in [0.29, 0.717) is 5.76 Å². The number of furan rings is 1. The highest BCUT2D eigenvalue weighted by atomic mass is 32.2. The molecule has 2 N–H and O–H groups in total. The summed E-state index contributed by atoms with van der Waals surface area (Å²) in [4.78, 5) is 14.3. The lowest BCUT2D eigenvalue weighted by atomic mass is 10.2. The molecule has 0 bridgehead atoms. The number of carbonyl (C=O) groups excluding carboxylic acids is 1. The molecular formula is C21H17N3O2S. The number of anilines is 1. The molecule has 1 aromatic heterocycles. The average molecular weight is 375 g/mol. The van der Waals surface area contributed by atoms with E-state index < -0.39 is 5.91 Å². The van der Waals surface area contributed by atoms with Crippen LogP contribution in [0.3, 0.4) is 0 Å². The molecule has 3 rings (SSSR count). The number of amides is 1. The van der Waals surface area contributed by atoms with E-state index in [4.69, 9.17) is 4.42 Å². The monoisotopic (exact) mass is 375 g/mol. The Labute approximate surface area is 161 Å². The van der Waals surface area contributed by atoms with Gasteiger partial charge in [0.05, 0.1) is 18.5 Å². The maximum atomic E-state index is 12.2. The van der Waals surface area contributed by atoms with Gasteiger partial charge in [0.2, 0.25) is 0 Å². The lowest BCUT2D eigenvalue weighted by Gasteiger charge is -2.09. The Balaban J connectivity index is 1.68. The van der Waals surface area contributed by atoms with Crippen molar-refractivity contribution in [1.29, 1.82) is 5.26 Å². The van der Waals surface area contributed by atoms with Crippen molar-refractivity contribution in [1.82, 2.24) is 5.32 Å². The first-order valence-corrected chi connectivity index (χ1v) is 9.07. The third-order valence-corrected chi connectivity index (χ3v) is 4.68. The Morgan fingerprint density at radius 2 is 1.85 bits per heavy atom. The van der Waals surface area contributed by atoms with Crippen LogP contribution in [0.2, 0.25) is 0 Å². The second-order valence-electron chi connectivity index (χ2n) is 5.49. The van der Waals surface area contributed by atoms with Crippen LogP contribution in [0.15, 0.2) is 99.0 Å². The van der Waals surface area contributed by atoms with Gasteiger partial charge in [-0.3, -0.25) is 4.79 Å². The van der Waals surface area contributed by atoms with Crippen LogP contribution in [0.4, 0.5) is 5.69 Å². The van der Waals surface area contributed by atoms with Crippen molar-refractivity contribution in [2.45, 2.75) is 16.3 Å². The first-order chi connectivity index (χ1) is 13.3. The maximum absolute atomic E-state index is 12.2. The Morgan fingerprint density at radius 1 is 1.07 bits per heavy atom. The topological polar surface area (TPSA) is 78.1 Å². The summed E-state index contributed by atoms with van der Waals surface area (Å²) >= 11 is 1.60. The van der Waals surface area contributed by atoms with Gasteiger partial charge in [-0.15, -0.1) is 0 Å². The van der Waals surface area contributed by atoms with E-state index in [1.54, 1.807) is 23.9 Å². The number of hydrogen-bond donors (Lipinski definition) is 2. The smallest absolute Gasteiger partial charge is 0.263 e. The van der Waals surface area contributed by atoms with E-state index in [-0.39, 0.29) is 12.1 Å². The largest absolute Gasteiger partial charge is 0.467 e. The van der Waals surface area contributed by atoms with Gasteiger partial charge >= 0.3 is 0 Å². The first-order valence-electron chi connectivity index (χ1n) is 8.25. The van der Waals surface area contributed by atoms with Gasteiger partial charge in [-0.2, -0.15) is 5.26 Å². The van der Waals surface area contributed by atoms with Crippen molar-refractivity contribution in [2.75, 3.05) is 5.32 Å². The van der Waals surface area contributed by atoms with Crippen LogP contribution in [-0.2, 0) is 11.3 Å². The summed E-state index contributed by atoms with van der Waals surface area (Å²) in [5.41, 5.74) is 0.805. The summed E-state index contributed by atoms with van der Waals surface area (Å²) in [6, 6.07) is 23.1. The fourth-order valence-corrected chi connectivity index (χ4v) is 3.20. The Morgan fingerprint density at radius 3 is 2.59 bits per heavy atom. The molecule has 0 atom stereocenters. The van der Waals surface area contributed by atoms with Gasteiger partial charge in [-0.25, -0.2) is 0 Å². The Bertz CT molecular complexity index is 961. The number of nitriles is 1. The zero-order valence-electron chi connectivity index (χ0n) is 14.4. The number of benzene rings is 2. The van der Waals surface area contributed by atoms with Crippen molar-refractivity contribution in [3.8, 4) is 6.07 Å². The lowest BCUT2D eigenvalue weighted by molar-refractivity contribution is -0.117. The zero-order chi connectivity index (χ0) is 18.9. The highest BCUT2D eigenvalue weighted by molar-refractivity contribution is 7.99. The molecule has 0 saturated heterocycles. The van der Waals surface area contributed by atoms with Crippen molar-refractivity contribution >= 4 is 23.4 Å². The van der Waals surface area contributed by atoms with E-state index in [2.05, 4.69) is 10.6 Å². The third-order valence-electron chi connectivity index (χ3n) is 3.60. The Kier molecular flexibility index (Phi) is 6.34. The SMILES string of the molecule is N#C/C(=C/Nc1ccccc1Sc1ccccc1)C(=O)NCc1ccco1. The van der Waals surface area contributed by atoms with Gasteiger partial charge < -0.3 is 15.1 Å². The third kappa shape index (κ3) is 5.27. The fourth-order valence-electron chi connectivity index (χ4n) is 2.26. The summed E-state index contributed by atoms with van der Waals surface area (Å²) in [6.07, 6.45) is 2.95. The molecule has 1 amide bonds. The minimum absolute atomic E-state index is 0.0129. The molecule has 2 aromatic carbocycles. The second kappa shape index (κ2) is 9.32. The van der Waals surface area contributed by atoms with E-state index in [1.807, 2.05) is 60.7 Å². The maximum Gasteiger partial charge on any atom is 0.263 e. The van der Waals surface area contributed by atoms with Crippen LogP contribution in [0, 0.1) is 11.3 Å². The number of carbonyl (C=O) groups is 1. The number of nitrogens with one attached hydrogen (secondary N) is 2. The zero-order valence-corrected chi connectivity index (χ0v) is 15.2. The molecule has 0 radical (unpaired) electrons. The van der Waals surface area contributed by atoms with E-state index in [9.17, 15) is 10.1 Å². The predicted molar refractivity (Wildman–Crippen MR) is 105 cm³/mol. The van der Waals surface area contributed by atoms with Crippen LogP contribution >= 0.6 is 11.8 Å². The van der Waals surface area contributed by atoms with Crippen LogP contribution in [0.5, 0.6) is 0 Å². The fraction of sp³-hybridized carbons (Fsp3) is 0.0476. The summed E-state index contributed by atoms with van der Waals surface area (Å²) in [5.74, 6) is 0.160. The van der Waals surface area contributed by atoms with E-state index in [0.717, 1.165) is 15.5 Å². The number of nitrogens with zero attached hydrogens (tertiary/aromatic N) is 1. The number of para-hydroxylation sites is 1. The molecule has 0 aliphatic heterocycles. The van der Waals surface area contributed by atoms with Crippen molar-refractivity contribution in [2.24, 2.45) is 0 Å². The molecule has 0 aliphatic rings. The van der Waals surface area contributed by atoms with Gasteiger partial charge in [-0.1, -0.05) is 42.1 Å². The van der Waals surface area contributed by atoms with Crippen LogP contribution in [0.25, 0.3) is 0 Å². The highest BCUT2D eigenvalue weighted by Gasteiger charge is 2.10. The number of rotatable bonds is 7. The summed E-state index contributed by atoms with van der Waals surface area (Å²) in [5, 5.41) is 15.0. The molecule has 3 aromatic rings. The van der Waals surface area contributed by atoms with Crippen LogP contribution in [-0.4, -0.2) is 5.91 Å². The molecule has 5 nitrogen and oxygen atoms in total. The molecular weight excluding hydrogens is 358 g/mol. The van der Waals surface area contributed by atoms with Gasteiger partial charge in [0.25, 0.3) is 5.91 Å². The molecule has 134 valence electrons. The van der Waals surface area contributed by atoms with Gasteiger partial charge in [-0.05, 0) is 36.4 Å². The van der Waals surface area contributed by atoms with Crippen molar-refractivity contribution < 1.29 is 9.21 Å². The van der Waals surface area contributed by atoms with Crippen molar-refractivity contribution in [3.63, 3.8) is 0 Å². The average Bonchev–Trinajstić information content (AvgIpc) is 3.22. The first kappa shape index (κ1) is 18.4. The molecule has 0 aliphatic carbocycles. The lowest BCUT2D eigenvalue weighted by Crippen LogP contribution is -2.24. The predicted octanol–water partition coefficient (Wildman–Crippen LogP) is 4.57. The molecule has 6 heteroatoms. The quantitative estimate of drug-likeness (QED) is 0.467.